The van der Waals surface area contributed by atoms with Gasteiger partial charge in [-0.15, -0.1) is 11.3 Å². The summed E-state index contributed by atoms with van der Waals surface area (Å²) in [6, 6.07) is 8.19. The average molecular weight is 262 g/mol. The Balaban J connectivity index is 2.19. The summed E-state index contributed by atoms with van der Waals surface area (Å²) < 4.78 is 5.17. The molecule has 0 amide bonds. The fourth-order valence-corrected chi connectivity index (χ4v) is 2.73. The molecule has 0 aliphatic carbocycles. The van der Waals surface area contributed by atoms with Gasteiger partial charge in [-0.1, -0.05) is 12.1 Å². The van der Waals surface area contributed by atoms with Gasteiger partial charge in [0.15, 0.2) is 0 Å². The van der Waals surface area contributed by atoms with Gasteiger partial charge in [-0.05, 0) is 38.1 Å². The minimum atomic E-state index is -0.122. The number of thiazole rings is 1. The van der Waals surface area contributed by atoms with Crippen LogP contribution in [0, 0.1) is 0 Å². The van der Waals surface area contributed by atoms with Crippen molar-refractivity contribution in [3.63, 3.8) is 0 Å². The maximum atomic E-state index is 5.17. The first kappa shape index (κ1) is 13.1. The molecule has 1 aromatic heterocycles. The first-order chi connectivity index (χ1) is 8.68. The van der Waals surface area contributed by atoms with Crippen molar-refractivity contribution in [3.05, 3.63) is 46.4 Å². The summed E-state index contributed by atoms with van der Waals surface area (Å²) in [6.07, 6.45) is 2.75. The van der Waals surface area contributed by atoms with Crippen molar-refractivity contribution in [1.82, 2.24) is 10.3 Å². The summed E-state index contributed by atoms with van der Waals surface area (Å²) in [5.41, 5.74) is 1.14. The van der Waals surface area contributed by atoms with Crippen LogP contribution in [0.1, 0.15) is 17.5 Å². The lowest BCUT2D eigenvalue weighted by Crippen LogP contribution is -2.38. The standard InChI is InChI=1S/C14H18N2OS/c1-14(15-2,13-16-8-9-18-13)10-11-4-6-12(17-3)7-5-11/h4-9,15H,10H2,1-3H3. The predicted octanol–water partition coefficient (Wildman–Crippen LogP) is 2.83. The van der Waals surface area contributed by atoms with Crippen LogP contribution in [0.25, 0.3) is 0 Å². The molecular weight excluding hydrogens is 244 g/mol. The molecule has 0 saturated carbocycles. The van der Waals surface area contributed by atoms with E-state index in [2.05, 4.69) is 29.4 Å². The molecule has 0 fully saturated rings. The van der Waals surface area contributed by atoms with Gasteiger partial charge in [-0.25, -0.2) is 4.98 Å². The molecule has 1 N–H and O–H groups in total. The molecule has 0 radical (unpaired) electrons. The van der Waals surface area contributed by atoms with Gasteiger partial charge < -0.3 is 10.1 Å². The monoisotopic (exact) mass is 262 g/mol. The number of benzene rings is 1. The van der Waals surface area contributed by atoms with Crippen LogP contribution in [0.2, 0.25) is 0 Å². The van der Waals surface area contributed by atoms with Crippen LogP contribution in [0.4, 0.5) is 0 Å². The van der Waals surface area contributed by atoms with Gasteiger partial charge in [-0.3, -0.25) is 0 Å². The predicted molar refractivity (Wildman–Crippen MR) is 75.2 cm³/mol. The first-order valence-corrected chi connectivity index (χ1v) is 6.78. The highest BCUT2D eigenvalue weighted by atomic mass is 32.1. The minimum absolute atomic E-state index is 0.122. The Hall–Kier alpha value is -1.39. The molecule has 1 aromatic carbocycles. The topological polar surface area (TPSA) is 34.1 Å². The average Bonchev–Trinajstić information content (AvgIpc) is 2.94. The highest BCUT2D eigenvalue weighted by Gasteiger charge is 2.27. The zero-order chi connectivity index (χ0) is 13.0. The second-order valence-electron chi connectivity index (χ2n) is 4.44. The second-order valence-corrected chi connectivity index (χ2v) is 5.34. The molecule has 1 atom stereocenters. The van der Waals surface area contributed by atoms with Crippen LogP contribution in [-0.2, 0) is 12.0 Å². The first-order valence-electron chi connectivity index (χ1n) is 5.90. The molecule has 3 nitrogen and oxygen atoms in total. The molecule has 0 saturated heterocycles. The number of likely N-dealkylation sites (N-methyl/N-ethyl adjacent to an activating group) is 1. The summed E-state index contributed by atoms with van der Waals surface area (Å²) >= 11 is 1.68. The van der Waals surface area contributed by atoms with Gasteiger partial charge >= 0.3 is 0 Å². The van der Waals surface area contributed by atoms with Crippen molar-refractivity contribution in [2.75, 3.05) is 14.2 Å². The van der Waals surface area contributed by atoms with Crippen molar-refractivity contribution in [2.45, 2.75) is 18.9 Å². The molecule has 0 bridgehead atoms. The lowest BCUT2D eigenvalue weighted by molar-refractivity contribution is 0.394. The van der Waals surface area contributed by atoms with Crippen LogP contribution in [0.15, 0.2) is 35.8 Å². The van der Waals surface area contributed by atoms with Crippen LogP contribution in [0.5, 0.6) is 5.75 Å². The molecule has 0 aliphatic heterocycles. The van der Waals surface area contributed by atoms with E-state index in [4.69, 9.17) is 4.74 Å². The second kappa shape index (κ2) is 5.50. The summed E-state index contributed by atoms with van der Waals surface area (Å²) in [5, 5.41) is 6.50. The van der Waals surface area contributed by atoms with E-state index in [9.17, 15) is 0 Å². The molecule has 1 unspecified atom stereocenters. The number of methoxy groups -OCH3 is 1. The number of hydrogen-bond acceptors (Lipinski definition) is 4. The van der Waals surface area contributed by atoms with Crippen molar-refractivity contribution in [2.24, 2.45) is 0 Å². The Morgan fingerprint density at radius 3 is 2.56 bits per heavy atom. The Morgan fingerprint density at radius 2 is 2.06 bits per heavy atom. The van der Waals surface area contributed by atoms with Gasteiger partial charge in [0.05, 0.1) is 12.6 Å². The summed E-state index contributed by atoms with van der Waals surface area (Å²) in [6.45, 7) is 2.18. The summed E-state index contributed by atoms with van der Waals surface area (Å²) in [5.74, 6) is 0.888. The molecule has 0 aliphatic rings. The van der Waals surface area contributed by atoms with Gasteiger partial charge in [0.1, 0.15) is 10.8 Å². The zero-order valence-corrected chi connectivity index (χ0v) is 11.8. The van der Waals surface area contributed by atoms with E-state index in [1.165, 1.54) is 5.56 Å². The highest BCUT2D eigenvalue weighted by Crippen LogP contribution is 2.27. The number of aromatic nitrogens is 1. The van der Waals surface area contributed by atoms with Gasteiger partial charge in [0, 0.05) is 11.6 Å². The summed E-state index contributed by atoms with van der Waals surface area (Å²) in [7, 11) is 3.66. The van der Waals surface area contributed by atoms with Crippen LogP contribution >= 0.6 is 11.3 Å². The van der Waals surface area contributed by atoms with E-state index in [1.807, 2.05) is 30.8 Å². The van der Waals surface area contributed by atoms with E-state index in [1.54, 1.807) is 18.4 Å². The molecule has 2 rings (SSSR count). The maximum absolute atomic E-state index is 5.17. The molecule has 0 spiro atoms. The molecule has 2 aromatic rings. The molecule has 4 heteroatoms. The lowest BCUT2D eigenvalue weighted by atomic mass is 9.93. The molecule has 96 valence electrons. The van der Waals surface area contributed by atoms with Crippen molar-refractivity contribution >= 4 is 11.3 Å². The van der Waals surface area contributed by atoms with E-state index >= 15 is 0 Å². The maximum Gasteiger partial charge on any atom is 0.118 e. The minimum Gasteiger partial charge on any atom is -0.497 e. The third-order valence-electron chi connectivity index (χ3n) is 3.17. The van der Waals surface area contributed by atoms with E-state index in [0.29, 0.717) is 0 Å². The SMILES string of the molecule is CNC(C)(Cc1ccc(OC)cc1)c1nccs1. The van der Waals surface area contributed by atoms with Crippen molar-refractivity contribution in [3.8, 4) is 5.75 Å². The molecular formula is C14H18N2OS. The van der Waals surface area contributed by atoms with Gasteiger partial charge in [0.2, 0.25) is 0 Å². The third kappa shape index (κ3) is 2.71. The van der Waals surface area contributed by atoms with Crippen molar-refractivity contribution < 1.29 is 4.74 Å². The Kier molecular flexibility index (Phi) is 3.99. The Labute approximate surface area is 112 Å². The highest BCUT2D eigenvalue weighted by molar-refractivity contribution is 7.09. The Morgan fingerprint density at radius 1 is 1.33 bits per heavy atom. The largest absolute Gasteiger partial charge is 0.497 e. The van der Waals surface area contributed by atoms with Crippen molar-refractivity contribution in [1.29, 1.82) is 0 Å². The van der Waals surface area contributed by atoms with E-state index in [-0.39, 0.29) is 5.54 Å². The Bertz CT molecular complexity index is 481. The fourth-order valence-electron chi connectivity index (χ4n) is 1.92. The van der Waals surface area contributed by atoms with Crippen LogP contribution in [0.3, 0.4) is 0 Å². The number of nitrogens with zero attached hydrogens (tertiary/aromatic N) is 1. The fraction of sp³-hybridized carbons (Fsp3) is 0.357. The molecule has 1 heterocycles. The normalized spacial score (nSPS) is 14.2. The number of ether oxygens (including phenoxy) is 1. The van der Waals surface area contributed by atoms with Gasteiger partial charge in [-0.2, -0.15) is 0 Å². The number of rotatable bonds is 5. The number of nitrogens with one attached hydrogen (secondary N) is 1. The molecule has 18 heavy (non-hydrogen) atoms. The lowest BCUT2D eigenvalue weighted by Gasteiger charge is -2.27. The van der Waals surface area contributed by atoms with E-state index in [0.717, 1.165) is 17.2 Å². The third-order valence-corrected chi connectivity index (χ3v) is 4.21. The summed E-state index contributed by atoms with van der Waals surface area (Å²) in [4.78, 5) is 4.42. The zero-order valence-electron chi connectivity index (χ0n) is 10.9. The van der Waals surface area contributed by atoms with Crippen LogP contribution in [-0.4, -0.2) is 19.1 Å². The van der Waals surface area contributed by atoms with E-state index < -0.39 is 0 Å². The quantitative estimate of drug-likeness (QED) is 0.899. The smallest absolute Gasteiger partial charge is 0.118 e. The number of hydrogen-bond donors (Lipinski definition) is 1. The van der Waals surface area contributed by atoms with Gasteiger partial charge in [0.25, 0.3) is 0 Å². The van der Waals surface area contributed by atoms with Crippen LogP contribution < -0.4 is 10.1 Å².